The summed E-state index contributed by atoms with van der Waals surface area (Å²) >= 11 is 0. The maximum Gasteiger partial charge on any atom is 0.290 e. The van der Waals surface area contributed by atoms with E-state index in [0.717, 1.165) is 5.56 Å². The number of carbonyl (C=O) groups is 2. The highest BCUT2D eigenvalue weighted by Crippen LogP contribution is 2.37. The molecule has 2 N–H and O–H groups in total. The van der Waals surface area contributed by atoms with Crippen LogP contribution in [0.25, 0.3) is 6.08 Å². The molecular weight excluding hydrogens is 330 g/mol. The number of hydrogen-bond acceptors (Lipinski definition) is 4. The van der Waals surface area contributed by atoms with Crippen LogP contribution < -0.4 is 0 Å². The van der Waals surface area contributed by atoms with Crippen LogP contribution in [0.15, 0.2) is 78.1 Å². The first-order valence-electron chi connectivity index (χ1n) is 8.31. The van der Waals surface area contributed by atoms with E-state index < -0.39 is 23.5 Å². The largest absolute Gasteiger partial charge is 0.503 e. The van der Waals surface area contributed by atoms with Crippen molar-refractivity contribution in [2.24, 2.45) is 0 Å². The molecule has 0 spiro atoms. The highest BCUT2D eigenvalue weighted by atomic mass is 16.3. The van der Waals surface area contributed by atoms with Gasteiger partial charge in [0.1, 0.15) is 0 Å². The first kappa shape index (κ1) is 17.6. The van der Waals surface area contributed by atoms with Gasteiger partial charge in [-0.15, -0.1) is 0 Å². The van der Waals surface area contributed by atoms with Gasteiger partial charge in [0, 0.05) is 6.54 Å². The van der Waals surface area contributed by atoms with Gasteiger partial charge in [-0.05, 0) is 17.2 Å². The molecule has 5 heteroatoms. The molecule has 1 amide bonds. The van der Waals surface area contributed by atoms with Crippen LogP contribution >= 0.6 is 0 Å². The predicted octanol–water partition coefficient (Wildman–Crippen LogP) is 2.66. The zero-order valence-corrected chi connectivity index (χ0v) is 14.1. The minimum absolute atomic E-state index is 0.0294. The zero-order chi connectivity index (χ0) is 18.5. The summed E-state index contributed by atoms with van der Waals surface area (Å²) in [6.45, 7) is -0.231. The third-order valence-corrected chi connectivity index (χ3v) is 4.25. The van der Waals surface area contributed by atoms with Crippen molar-refractivity contribution in [2.75, 3.05) is 13.2 Å². The fraction of sp³-hybridized carbons (Fsp3) is 0.143. The molecule has 0 unspecified atom stereocenters. The quantitative estimate of drug-likeness (QED) is 0.786. The average molecular weight is 349 g/mol. The molecule has 1 atom stereocenters. The van der Waals surface area contributed by atoms with E-state index in [1.54, 1.807) is 30.3 Å². The van der Waals surface area contributed by atoms with Gasteiger partial charge in [-0.25, -0.2) is 0 Å². The van der Waals surface area contributed by atoms with Gasteiger partial charge in [0.15, 0.2) is 11.5 Å². The third-order valence-electron chi connectivity index (χ3n) is 4.25. The van der Waals surface area contributed by atoms with Crippen molar-refractivity contribution in [2.45, 2.75) is 6.04 Å². The lowest BCUT2D eigenvalue weighted by molar-refractivity contribution is -0.129. The minimum atomic E-state index is -0.719. The normalized spacial score (nSPS) is 17.3. The van der Waals surface area contributed by atoms with Crippen molar-refractivity contribution in [1.82, 2.24) is 4.90 Å². The lowest BCUT2D eigenvalue weighted by Gasteiger charge is -2.25. The van der Waals surface area contributed by atoms with Crippen molar-refractivity contribution in [3.63, 3.8) is 0 Å². The van der Waals surface area contributed by atoms with E-state index >= 15 is 0 Å². The van der Waals surface area contributed by atoms with Crippen LogP contribution in [-0.2, 0) is 9.59 Å². The maximum absolute atomic E-state index is 12.8. The Labute approximate surface area is 151 Å². The Morgan fingerprint density at radius 3 is 2.27 bits per heavy atom. The molecule has 2 aromatic carbocycles. The second-order valence-corrected chi connectivity index (χ2v) is 5.91. The molecule has 0 bridgehead atoms. The summed E-state index contributed by atoms with van der Waals surface area (Å²) in [5.74, 6) is -1.65. The number of rotatable bonds is 6. The molecular formula is C21H19NO4. The molecule has 26 heavy (non-hydrogen) atoms. The molecule has 0 radical (unpaired) electrons. The van der Waals surface area contributed by atoms with Crippen molar-refractivity contribution in [3.05, 3.63) is 89.2 Å². The number of allylic oxidation sites excluding steroid dienone is 1. The first-order valence-corrected chi connectivity index (χ1v) is 8.31. The van der Waals surface area contributed by atoms with Crippen LogP contribution in [0.3, 0.4) is 0 Å². The number of nitrogens with zero attached hydrogens (tertiary/aromatic N) is 1. The van der Waals surface area contributed by atoms with E-state index in [2.05, 4.69) is 0 Å². The molecule has 1 heterocycles. The molecule has 1 aliphatic heterocycles. The maximum atomic E-state index is 12.8. The molecule has 5 nitrogen and oxygen atoms in total. The highest BCUT2D eigenvalue weighted by Gasteiger charge is 2.42. The van der Waals surface area contributed by atoms with E-state index in [1.165, 1.54) is 11.0 Å². The SMILES string of the molecule is O=C(/C=C/c1ccccc1)C1=C(O)C(=O)N(CCO)[C@@H]1c1ccccc1. The van der Waals surface area contributed by atoms with Crippen LogP contribution in [0, 0.1) is 0 Å². The Hall–Kier alpha value is -3.18. The van der Waals surface area contributed by atoms with Gasteiger partial charge in [0.25, 0.3) is 5.91 Å². The standard InChI is InChI=1S/C21H19NO4/c23-14-13-22-19(16-9-5-2-6-10-16)18(20(25)21(22)26)17(24)12-11-15-7-3-1-4-8-15/h1-12,19,23,25H,13-14H2/b12-11+/t19-/m1/s1. The smallest absolute Gasteiger partial charge is 0.290 e. The fourth-order valence-electron chi connectivity index (χ4n) is 3.05. The Balaban J connectivity index is 1.97. The van der Waals surface area contributed by atoms with Crippen LogP contribution in [0.4, 0.5) is 0 Å². The molecule has 0 aromatic heterocycles. The van der Waals surface area contributed by atoms with Crippen LogP contribution in [0.5, 0.6) is 0 Å². The highest BCUT2D eigenvalue weighted by molar-refractivity contribution is 6.14. The first-order chi connectivity index (χ1) is 12.6. The third kappa shape index (κ3) is 3.43. The molecule has 3 rings (SSSR count). The molecule has 0 fully saturated rings. The van der Waals surface area contributed by atoms with Gasteiger partial charge in [0.2, 0.25) is 0 Å². The van der Waals surface area contributed by atoms with E-state index in [0.29, 0.717) is 5.56 Å². The summed E-state index contributed by atoms with van der Waals surface area (Å²) in [6, 6.07) is 17.6. The van der Waals surface area contributed by atoms with Gasteiger partial charge in [0.05, 0.1) is 18.2 Å². The summed E-state index contributed by atoms with van der Waals surface area (Å²) < 4.78 is 0. The summed E-state index contributed by atoms with van der Waals surface area (Å²) in [5, 5.41) is 19.6. The second-order valence-electron chi connectivity index (χ2n) is 5.91. The summed E-state index contributed by atoms with van der Waals surface area (Å²) in [7, 11) is 0. The van der Waals surface area contributed by atoms with Crippen LogP contribution in [0.2, 0.25) is 0 Å². The number of aliphatic hydroxyl groups is 2. The lowest BCUT2D eigenvalue weighted by Crippen LogP contribution is -2.33. The number of amides is 1. The van der Waals surface area contributed by atoms with Crippen molar-refractivity contribution >= 4 is 17.8 Å². The molecule has 1 aliphatic rings. The fourth-order valence-corrected chi connectivity index (χ4v) is 3.05. The van der Waals surface area contributed by atoms with Crippen LogP contribution in [0.1, 0.15) is 17.2 Å². The Bertz CT molecular complexity index is 856. The van der Waals surface area contributed by atoms with Crippen molar-refractivity contribution in [1.29, 1.82) is 0 Å². The summed E-state index contributed by atoms with van der Waals surface area (Å²) in [5.41, 5.74) is 1.57. The van der Waals surface area contributed by atoms with E-state index in [-0.39, 0.29) is 18.7 Å². The number of aliphatic hydroxyl groups excluding tert-OH is 2. The van der Waals surface area contributed by atoms with Gasteiger partial charge in [-0.3, -0.25) is 9.59 Å². The lowest BCUT2D eigenvalue weighted by atomic mass is 9.95. The number of carbonyl (C=O) groups excluding carboxylic acids is 2. The van der Waals surface area contributed by atoms with E-state index in [9.17, 15) is 19.8 Å². The Morgan fingerprint density at radius 1 is 1.04 bits per heavy atom. The minimum Gasteiger partial charge on any atom is -0.503 e. The average Bonchev–Trinajstić information content (AvgIpc) is 2.93. The Morgan fingerprint density at radius 2 is 1.65 bits per heavy atom. The number of hydrogen-bond donors (Lipinski definition) is 2. The Kier molecular flexibility index (Phi) is 5.29. The molecule has 2 aromatic rings. The van der Waals surface area contributed by atoms with Gasteiger partial charge >= 0.3 is 0 Å². The van der Waals surface area contributed by atoms with Gasteiger partial charge in [-0.2, -0.15) is 0 Å². The van der Waals surface area contributed by atoms with Crippen molar-refractivity contribution < 1.29 is 19.8 Å². The number of ketones is 1. The molecule has 0 saturated carbocycles. The van der Waals surface area contributed by atoms with Gasteiger partial charge < -0.3 is 15.1 Å². The summed E-state index contributed by atoms with van der Waals surface area (Å²) in [6.07, 6.45) is 3.00. The number of benzene rings is 2. The molecule has 132 valence electrons. The monoisotopic (exact) mass is 349 g/mol. The van der Waals surface area contributed by atoms with Gasteiger partial charge in [-0.1, -0.05) is 66.7 Å². The molecule has 0 saturated heterocycles. The summed E-state index contributed by atoms with van der Waals surface area (Å²) in [4.78, 5) is 26.5. The molecule has 0 aliphatic carbocycles. The second kappa shape index (κ2) is 7.80. The van der Waals surface area contributed by atoms with Crippen LogP contribution in [-0.4, -0.2) is 40.0 Å². The van der Waals surface area contributed by atoms with E-state index in [4.69, 9.17) is 0 Å². The van der Waals surface area contributed by atoms with Crippen molar-refractivity contribution in [3.8, 4) is 0 Å². The topological polar surface area (TPSA) is 77.8 Å². The van der Waals surface area contributed by atoms with E-state index in [1.807, 2.05) is 36.4 Å². The zero-order valence-electron chi connectivity index (χ0n) is 14.1. The number of β-amino-alcohol motifs (C(OH)–C–C–N with tert-alkyl or cyclic N) is 1. The predicted molar refractivity (Wildman–Crippen MR) is 98.1 cm³/mol.